The van der Waals surface area contributed by atoms with E-state index in [9.17, 15) is 0 Å². The fraction of sp³-hybridized carbons (Fsp3) is 0.500. The molecule has 3 heterocycles. The molecule has 0 spiro atoms. The van der Waals surface area contributed by atoms with E-state index in [1.807, 2.05) is 24.4 Å². The first-order chi connectivity index (χ1) is 7.95. The minimum atomic E-state index is 0.361. The van der Waals surface area contributed by atoms with E-state index < -0.39 is 0 Å². The highest BCUT2D eigenvalue weighted by Gasteiger charge is 2.18. The van der Waals surface area contributed by atoms with Crippen LogP contribution in [-0.4, -0.2) is 21.1 Å². The van der Waals surface area contributed by atoms with Crippen molar-refractivity contribution in [2.75, 3.05) is 6.54 Å². The Morgan fingerprint density at radius 3 is 3.19 bits per heavy atom. The molecule has 1 aliphatic heterocycles. The summed E-state index contributed by atoms with van der Waals surface area (Å²) >= 11 is 0. The summed E-state index contributed by atoms with van der Waals surface area (Å²) < 4.78 is 2.09. The molecule has 2 aromatic heterocycles. The van der Waals surface area contributed by atoms with Crippen molar-refractivity contribution in [3.05, 3.63) is 30.2 Å². The van der Waals surface area contributed by atoms with Gasteiger partial charge in [-0.05, 0) is 31.5 Å². The van der Waals surface area contributed by atoms with Gasteiger partial charge in [-0.15, -0.1) is 10.2 Å². The smallest absolute Gasteiger partial charge is 0.160 e. The Labute approximate surface area is 94.7 Å². The van der Waals surface area contributed by atoms with Crippen molar-refractivity contribution < 1.29 is 0 Å². The fourth-order valence-corrected chi connectivity index (χ4v) is 2.35. The zero-order valence-electron chi connectivity index (χ0n) is 9.26. The molecule has 84 valence electrons. The minimum Gasteiger partial charge on any atom is -0.307 e. The number of fused-ring (bicyclic) bond motifs is 1. The third-order valence-electron chi connectivity index (χ3n) is 3.21. The molecular weight excluding hydrogens is 200 g/mol. The summed E-state index contributed by atoms with van der Waals surface area (Å²) in [5.41, 5.74) is 0.934. The molecule has 1 N–H and O–H groups in total. The van der Waals surface area contributed by atoms with Crippen molar-refractivity contribution in [1.29, 1.82) is 0 Å². The molecule has 0 aromatic carbocycles. The molecule has 1 saturated heterocycles. The average molecular weight is 216 g/mol. The Hall–Kier alpha value is -1.42. The van der Waals surface area contributed by atoms with Crippen LogP contribution in [0.3, 0.4) is 0 Å². The first-order valence-electron chi connectivity index (χ1n) is 5.98. The van der Waals surface area contributed by atoms with E-state index in [1.54, 1.807) is 0 Å². The van der Waals surface area contributed by atoms with E-state index in [-0.39, 0.29) is 0 Å². The van der Waals surface area contributed by atoms with Crippen LogP contribution in [0.2, 0.25) is 0 Å². The van der Waals surface area contributed by atoms with Gasteiger partial charge in [0.25, 0.3) is 0 Å². The largest absolute Gasteiger partial charge is 0.307 e. The fourth-order valence-electron chi connectivity index (χ4n) is 2.35. The van der Waals surface area contributed by atoms with Gasteiger partial charge in [0, 0.05) is 6.20 Å². The molecule has 3 rings (SSSR count). The zero-order valence-corrected chi connectivity index (χ0v) is 9.26. The van der Waals surface area contributed by atoms with Crippen molar-refractivity contribution in [3.63, 3.8) is 0 Å². The molecular formula is C12H16N4. The summed E-state index contributed by atoms with van der Waals surface area (Å²) in [4.78, 5) is 0. The van der Waals surface area contributed by atoms with Crippen molar-refractivity contribution in [1.82, 2.24) is 19.9 Å². The first-order valence-corrected chi connectivity index (χ1v) is 5.98. The van der Waals surface area contributed by atoms with Gasteiger partial charge < -0.3 is 5.32 Å². The van der Waals surface area contributed by atoms with Crippen molar-refractivity contribution in [2.24, 2.45) is 0 Å². The van der Waals surface area contributed by atoms with Gasteiger partial charge >= 0.3 is 0 Å². The second kappa shape index (κ2) is 4.22. The maximum absolute atomic E-state index is 4.31. The zero-order chi connectivity index (χ0) is 10.8. The molecule has 1 fully saturated rings. The van der Waals surface area contributed by atoms with Gasteiger partial charge in [-0.2, -0.15) is 0 Å². The molecule has 0 amide bonds. The summed E-state index contributed by atoms with van der Waals surface area (Å²) in [7, 11) is 0. The van der Waals surface area contributed by atoms with Crippen LogP contribution in [0.5, 0.6) is 0 Å². The van der Waals surface area contributed by atoms with Gasteiger partial charge in [0.05, 0.1) is 6.04 Å². The van der Waals surface area contributed by atoms with Crippen molar-refractivity contribution in [2.45, 2.75) is 31.7 Å². The van der Waals surface area contributed by atoms with Crippen LogP contribution >= 0.6 is 0 Å². The van der Waals surface area contributed by atoms with Crippen LogP contribution < -0.4 is 5.32 Å². The molecule has 0 saturated carbocycles. The Bertz CT molecular complexity index is 469. The van der Waals surface area contributed by atoms with E-state index >= 15 is 0 Å². The SMILES string of the molecule is c1ccn2c(C3CCCCCN3)nnc2c1. The van der Waals surface area contributed by atoms with Gasteiger partial charge in [-0.1, -0.05) is 18.9 Å². The second-order valence-electron chi connectivity index (χ2n) is 4.34. The molecule has 2 aromatic rings. The van der Waals surface area contributed by atoms with Crippen LogP contribution in [0.1, 0.15) is 37.5 Å². The number of nitrogens with zero attached hydrogens (tertiary/aromatic N) is 3. The van der Waals surface area contributed by atoms with E-state index in [0.29, 0.717) is 6.04 Å². The predicted octanol–water partition coefficient (Wildman–Crippen LogP) is 1.93. The summed E-state index contributed by atoms with van der Waals surface area (Å²) in [6, 6.07) is 6.37. The number of hydrogen-bond donors (Lipinski definition) is 1. The monoisotopic (exact) mass is 216 g/mol. The first kappa shape index (κ1) is 9.78. The lowest BCUT2D eigenvalue weighted by atomic mass is 10.1. The summed E-state index contributed by atoms with van der Waals surface area (Å²) in [5, 5.41) is 12.1. The van der Waals surface area contributed by atoms with Crippen LogP contribution in [0, 0.1) is 0 Å². The van der Waals surface area contributed by atoms with E-state index in [1.165, 1.54) is 19.3 Å². The number of nitrogens with one attached hydrogen (secondary N) is 1. The molecule has 0 bridgehead atoms. The Balaban J connectivity index is 1.97. The number of aromatic nitrogens is 3. The van der Waals surface area contributed by atoms with Gasteiger partial charge in [0.15, 0.2) is 11.5 Å². The van der Waals surface area contributed by atoms with E-state index in [4.69, 9.17) is 0 Å². The topological polar surface area (TPSA) is 42.2 Å². The van der Waals surface area contributed by atoms with E-state index in [0.717, 1.165) is 24.4 Å². The highest BCUT2D eigenvalue weighted by Crippen LogP contribution is 2.21. The Morgan fingerprint density at radius 2 is 2.19 bits per heavy atom. The Morgan fingerprint density at radius 1 is 1.19 bits per heavy atom. The third-order valence-corrected chi connectivity index (χ3v) is 3.21. The minimum absolute atomic E-state index is 0.361. The van der Waals surface area contributed by atoms with Gasteiger partial charge in [-0.3, -0.25) is 4.40 Å². The summed E-state index contributed by atoms with van der Waals surface area (Å²) in [6.45, 7) is 1.09. The third kappa shape index (κ3) is 1.69. The normalized spacial score (nSPS) is 22.1. The molecule has 16 heavy (non-hydrogen) atoms. The predicted molar refractivity (Wildman–Crippen MR) is 62.2 cm³/mol. The van der Waals surface area contributed by atoms with Gasteiger partial charge in [0.1, 0.15) is 0 Å². The highest BCUT2D eigenvalue weighted by atomic mass is 15.3. The molecule has 0 radical (unpaired) electrons. The average Bonchev–Trinajstić information content (AvgIpc) is 2.57. The standard InChI is InChI=1S/C12H16N4/c1-2-6-10(13-8-4-1)12-15-14-11-7-3-5-9-16(11)12/h3,5,7,9-10,13H,1-2,4,6,8H2. The van der Waals surface area contributed by atoms with Crippen LogP contribution in [0.4, 0.5) is 0 Å². The molecule has 1 atom stereocenters. The molecule has 0 aliphatic carbocycles. The summed E-state index contributed by atoms with van der Waals surface area (Å²) in [5.74, 6) is 1.05. The second-order valence-corrected chi connectivity index (χ2v) is 4.34. The molecule has 1 unspecified atom stereocenters. The van der Waals surface area contributed by atoms with Gasteiger partial charge in [0.2, 0.25) is 0 Å². The molecule has 4 heteroatoms. The van der Waals surface area contributed by atoms with Gasteiger partial charge in [-0.25, -0.2) is 0 Å². The van der Waals surface area contributed by atoms with Crippen LogP contribution in [0.15, 0.2) is 24.4 Å². The lowest BCUT2D eigenvalue weighted by Crippen LogP contribution is -2.22. The Kier molecular flexibility index (Phi) is 2.58. The molecule has 1 aliphatic rings. The van der Waals surface area contributed by atoms with E-state index in [2.05, 4.69) is 19.9 Å². The van der Waals surface area contributed by atoms with Crippen molar-refractivity contribution >= 4 is 5.65 Å². The lowest BCUT2D eigenvalue weighted by molar-refractivity contribution is 0.503. The number of hydrogen-bond acceptors (Lipinski definition) is 3. The van der Waals surface area contributed by atoms with Crippen LogP contribution in [0.25, 0.3) is 5.65 Å². The summed E-state index contributed by atoms with van der Waals surface area (Å²) in [6.07, 6.45) is 7.07. The van der Waals surface area contributed by atoms with Crippen LogP contribution in [-0.2, 0) is 0 Å². The number of rotatable bonds is 1. The highest BCUT2D eigenvalue weighted by molar-refractivity contribution is 5.37. The van der Waals surface area contributed by atoms with Crippen molar-refractivity contribution in [3.8, 4) is 0 Å². The maximum Gasteiger partial charge on any atom is 0.160 e. The quantitative estimate of drug-likeness (QED) is 0.792. The molecule has 4 nitrogen and oxygen atoms in total. The number of pyridine rings is 1. The maximum atomic E-state index is 4.31. The lowest BCUT2D eigenvalue weighted by Gasteiger charge is -2.13.